The van der Waals surface area contributed by atoms with Gasteiger partial charge >= 0.3 is 0 Å². The Morgan fingerprint density at radius 3 is 2.38 bits per heavy atom. The molecular formula is C19H22N4S. The summed E-state index contributed by atoms with van der Waals surface area (Å²) in [5.74, 6) is 0. The highest BCUT2D eigenvalue weighted by molar-refractivity contribution is 7.15. The maximum absolute atomic E-state index is 4.35. The second kappa shape index (κ2) is 7.45. The van der Waals surface area contributed by atoms with Crippen LogP contribution in [0.5, 0.6) is 0 Å². The van der Waals surface area contributed by atoms with E-state index in [1.807, 2.05) is 6.07 Å². The van der Waals surface area contributed by atoms with Crippen LogP contribution in [0.1, 0.15) is 16.1 Å². The van der Waals surface area contributed by atoms with E-state index >= 15 is 0 Å². The zero-order chi connectivity index (χ0) is 16.9. The van der Waals surface area contributed by atoms with E-state index < -0.39 is 0 Å². The molecule has 5 heteroatoms. The highest BCUT2D eigenvalue weighted by Gasteiger charge is 2.10. The summed E-state index contributed by atoms with van der Waals surface area (Å²) in [4.78, 5) is 4.27. The molecule has 0 spiro atoms. The highest BCUT2D eigenvalue weighted by atomic mass is 32.1. The second-order valence-electron chi connectivity index (χ2n) is 6.06. The first-order valence-electron chi connectivity index (χ1n) is 7.95. The van der Waals surface area contributed by atoms with Crippen LogP contribution in [-0.4, -0.2) is 31.3 Å². The molecule has 0 N–H and O–H groups in total. The quantitative estimate of drug-likeness (QED) is 0.684. The number of aromatic nitrogens is 2. The smallest absolute Gasteiger partial charge is 0.208 e. The number of benzene rings is 2. The lowest BCUT2D eigenvalue weighted by molar-refractivity contribution is 0.886. The molecular weight excluding hydrogens is 316 g/mol. The van der Waals surface area contributed by atoms with Crippen molar-refractivity contribution >= 4 is 22.2 Å². The van der Waals surface area contributed by atoms with E-state index in [1.165, 1.54) is 16.8 Å². The summed E-state index contributed by atoms with van der Waals surface area (Å²) >= 11 is 1.66. The number of hydrogen-bond acceptors (Lipinski definition) is 5. The number of nitrogens with zero attached hydrogens (tertiary/aromatic N) is 4. The van der Waals surface area contributed by atoms with E-state index in [4.69, 9.17) is 0 Å². The van der Waals surface area contributed by atoms with Gasteiger partial charge in [0, 0.05) is 39.8 Å². The molecule has 24 heavy (non-hydrogen) atoms. The van der Waals surface area contributed by atoms with Gasteiger partial charge in [-0.1, -0.05) is 53.8 Å². The fourth-order valence-electron chi connectivity index (χ4n) is 2.52. The predicted octanol–water partition coefficient (Wildman–Crippen LogP) is 3.83. The van der Waals surface area contributed by atoms with E-state index in [0.717, 1.165) is 23.1 Å². The van der Waals surface area contributed by atoms with Crippen molar-refractivity contribution in [3.05, 3.63) is 70.7 Å². The Hall–Kier alpha value is -2.40. The van der Waals surface area contributed by atoms with E-state index in [-0.39, 0.29) is 0 Å². The maximum Gasteiger partial charge on any atom is 0.208 e. The summed E-state index contributed by atoms with van der Waals surface area (Å²) in [7, 11) is 6.18. The molecule has 3 rings (SSSR count). The Morgan fingerprint density at radius 2 is 1.62 bits per heavy atom. The molecule has 0 bridgehead atoms. The van der Waals surface area contributed by atoms with Crippen molar-refractivity contribution in [1.29, 1.82) is 0 Å². The van der Waals surface area contributed by atoms with E-state index in [1.54, 1.807) is 11.3 Å². The van der Waals surface area contributed by atoms with Crippen molar-refractivity contribution in [1.82, 2.24) is 10.2 Å². The van der Waals surface area contributed by atoms with Gasteiger partial charge in [0.05, 0.1) is 0 Å². The molecule has 0 amide bonds. The zero-order valence-corrected chi connectivity index (χ0v) is 15.1. The Bertz CT molecular complexity index is 783. The lowest BCUT2D eigenvalue weighted by Crippen LogP contribution is -2.16. The monoisotopic (exact) mass is 338 g/mol. The van der Waals surface area contributed by atoms with Crippen LogP contribution in [0.2, 0.25) is 0 Å². The molecule has 0 radical (unpaired) electrons. The molecule has 0 aliphatic heterocycles. The summed E-state index contributed by atoms with van der Waals surface area (Å²) in [6, 6.07) is 19.0. The first-order valence-corrected chi connectivity index (χ1v) is 8.77. The highest BCUT2D eigenvalue weighted by Crippen LogP contribution is 2.23. The number of anilines is 2. The Labute approximate surface area is 147 Å². The molecule has 2 aromatic carbocycles. The molecule has 0 aliphatic rings. The van der Waals surface area contributed by atoms with E-state index in [2.05, 4.69) is 89.7 Å². The van der Waals surface area contributed by atoms with Crippen LogP contribution < -0.4 is 9.80 Å². The first kappa shape index (κ1) is 16.5. The Balaban J connectivity index is 1.67. The molecule has 0 atom stereocenters. The van der Waals surface area contributed by atoms with Gasteiger partial charge in [0.15, 0.2) is 0 Å². The van der Waals surface area contributed by atoms with Crippen LogP contribution in [0.3, 0.4) is 0 Å². The van der Waals surface area contributed by atoms with Gasteiger partial charge < -0.3 is 9.80 Å². The van der Waals surface area contributed by atoms with Crippen molar-refractivity contribution in [2.75, 3.05) is 30.9 Å². The second-order valence-corrected chi connectivity index (χ2v) is 7.10. The molecule has 0 fully saturated rings. The summed E-state index contributed by atoms with van der Waals surface area (Å²) in [5.41, 5.74) is 3.74. The topological polar surface area (TPSA) is 32.3 Å². The van der Waals surface area contributed by atoms with Crippen molar-refractivity contribution < 1.29 is 0 Å². The summed E-state index contributed by atoms with van der Waals surface area (Å²) in [6.45, 7) is 0.821. The largest absolute Gasteiger partial charge is 0.378 e. The lowest BCUT2D eigenvalue weighted by Gasteiger charge is -2.17. The van der Waals surface area contributed by atoms with Gasteiger partial charge in [-0.15, -0.1) is 10.2 Å². The fraction of sp³-hybridized carbons (Fsp3) is 0.263. The standard InChI is InChI=1S/C19H22N4S/c1-22(2)17-11-7-10-16(12-17)14-23(3)19-21-20-18(24-19)13-15-8-5-4-6-9-15/h4-12H,13-14H2,1-3H3. The maximum atomic E-state index is 4.35. The molecule has 0 saturated carbocycles. The average Bonchev–Trinajstić information content (AvgIpc) is 3.04. The predicted molar refractivity (Wildman–Crippen MR) is 102 cm³/mol. The van der Waals surface area contributed by atoms with Gasteiger partial charge in [0.25, 0.3) is 0 Å². The third kappa shape index (κ3) is 4.11. The molecule has 0 aliphatic carbocycles. The molecule has 0 unspecified atom stereocenters. The third-order valence-electron chi connectivity index (χ3n) is 3.83. The Kier molecular flexibility index (Phi) is 5.11. The van der Waals surface area contributed by atoms with Gasteiger partial charge in [0.2, 0.25) is 5.13 Å². The SMILES string of the molecule is CN(C)c1cccc(CN(C)c2nnc(Cc3ccccc3)s2)c1. The van der Waals surface area contributed by atoms with Crippen molar-refractivity contribution in [3.8, 4) is 0 Å². The average molecular weight is 338 g/mol. The summed E-state index contributed by atoms with van der Waals surface area (Å²) in [5, 5.41) is 10.7. The van der Waals surface area contributed by atoms with Gasteiger partial charge in [-0.05, 0) is 23.3 Å². The number of hydrogen-bond donors (Lipinski definition) is 0. The Morgan fingerprint density at radius 1 is 0.875 bits per heavy atom. The minimum atomic E-state index is 0.821. The molecule has 124 valence electrons. The van der Waals surface area contributed by atoms with Gasteiger partial charge in [-0.2, -0.15) is 0 Å². The van der Waals surface area contributed by atoms with Crippen molar-refractivity contribution in [3.63, 3.8) is 0 Å². The molecule has 4 nitrogen and oxygen atoms in total. The summed E-state index contributed by atoms with van der Waals surface area (Å²) < 4.78 is 0. The molecule has 0 saturated heterocycles. The van der Waals surface area contributed by atoms with Gasteiger partial charge in [-0.3, -0.25) is 0 Å². The minimum absolute atomic E-state index is 0.821. The van der Waals surface area contributed by atoms with Crippen LogP contribution in [0.15, 0.2) is 54.6 Å². The lowest BCUT2D eigenvalue weighted by atomic mass is 10.2. The zero-order valence-electron chi connectivity index (χ0n) is 14.3. The summed E-state index contributed by atoms with van der Waals surface area (Å²) in [6.07, 6.45) is 0.836. The van der Waals surface area contributed by atoms with Crippen LogP contribution in [-0.2, 0) is 13.0 Å². The van der Waals surface area contributed by atoms with Crippen molar-refractivity contribution in [2.24, 2.45) is 0 Å². The minimum Gasteiger partial charge on any atom is -0.378 e. The van der Waals surface area contributed by atoms with Crippen LogP contribution in [0.4, 0.5) is 10.8 Å². The normalized spacial score (nSPS) is 10.6. The molecule has 1 heterocycles. The van der Waals surface area contributed by atoms with Gasteiger partial charge in [0.1, 0.15) is 5.01 Å². The first-order chi connectivity index (χ1) is 11.6. The van der Waals surface area contributed by atoms with Crippen LogP contribution >= 0.6 is 11.3 Å². The molecule has 1 aromatic heterocycles. The fourth-order valence-corrected chi connectivity index (χ4v) is 3.35. The van der Waals surface area contributed by atoms with Gasteiger partial charge in [-0.25, -0.2) is 0 Å². The number of rotatable bonds is 6. The van der Waals surface area contributed by atoms with E-state index in [0.29, 0.717) is 0 Å². The van der Waals surface area contributed by atoms with E-state index in [9.17, 15) is 0 Å². The molecule has 3 aromatic rings. The van der Waals surface area contributed by atoms with Crippen molar-refractivity contribution in [2.45, 2.75) is 13.0 Å². The van der Waals surface area contributed by atoms with Crippen LogP contribution in [0.25, 0.3) is 0 Å². The third-order valence-corrected chi connectivity index (χ3v) is 4.87. The van der Waals surface area contributed by atoms with Crippen LogP contribution in [0, 0.1) is 0 Å².